The lowest BCUT2D eigenvalue weighted by atomic mass is 9.97. The van der Waals surface area contributed by atoms with Crippen LogP contribution in [0.2, 0.25) is 0 Å². The molecule has 3 aromatic heterocycles. The quantitative estimate of drug-likeness (QED) is 0.509. The second kappa shape index (κ2) is 8.02. The minimum absolute atomic E-state index is 0.101. The summed E-state index contributed by atoms with van der Waals surface area (Å²) in [6.45, 7) is 6.34. The van der Waals surface area contributed by atoms with E-state index in [1.807, 2.05) is 10.7 Å². The van der Waals surface area contributed by atoms with E-state index in [0.717, 1.165) is 62.5 Å². The Morgan fingerprint density at radius 1 is 1.19 bits per heavy atom. The van der Waals surface area contributed by atoms with Gasteiger partial charge in [-0.25, -0.2) is 9.67 Å². The van der Waals surface area contributed by atoms with Crippen molar-refractivity contribution in [2.45, 2.75) is 38.3 Å². The van der Waals surface area contributed by atoms with Crippen LogP contribution >= 0.6 is 11.7 Å². The SMILES string of the molecule is C[C@@H]1CN(Cc2ccc3nsnc3c2)C[C@H]1c1nc2c(cnn2C2CCOCC2)c(=O)[nH]1. The molecule has 1 N–H and O–H groups in total. The van der Waals surface area contributed by atoms with Crippen LogP contribution in [0.25, 0.3) is 22.1 Å². The van der Waals surface area contributed by atoms with E-state index >= 15 is 0 Å². The molecule has 32 heavy (non-hydrogen) atoms. The molecule has 2 atom stereocenters. The summed E-state index contributed by atoms with van der Waals surface area (Å²) >= 11 is 1.25. The third kappa shape index (κ3) is 3.52. The van der Waals surface area contributed by atoms with Gasteiger partial charge in [-0.15, -0.1) is 0 Å². The molecule has 2 aliphatic heterocycles. The van der Waals surface area contributed by atoms with Gasteiger partial charge in [-0.05, 0) is 36.5 Å². The molecule has 0 bridgehead atoms. The molecule has 2 aliphatic rings. The number of nitrogens with one attached hydrogen (secondary N) is 1. The molecule has 0 unspecified atom stereocenters. The first-order chi connectivity index (χ1) is 15.7. The van der Waals surface area contributed by atoms with Crippen molar-refractivity contribution in [3.63, 3.8) is 0 Å². The van der Waals surface area contributed by atoms with Crippen molar-refractivity contribution in [3.05, 3.63) is 46.1 Å². The fraction of sp³-hybridized carbons (Fsp3) is 0.500. The zero-order valence-electron chi connectivity index (χ0n) is 17.9. The van der Waals surface area contributed by atoms with Crippen LogP contribution in [0, 0.1) is 5.92 Å². The van der Waals surface area contributed by atoms with Crippen LogP contribution in [0.4, 0.5) is 0 Å². The summed E-state index contributed by atoms with van der Waals surface area (Å²) in [5.74, 6) is 1.33. The van der Waals surface area contributed by atoms with Gasteiger partial charge in [0.25, 0.3) is 5.56 Å². The number of aromatic nitrogens is 6. The monoisotopic (exact) mass is 451 g/mol. The number of fused-ring (bicyclic) bond motifs is 2. The average molecular weight is 452 g/mol. The number of hydrogen-bond acceptors (Lipinski definition) is 8. The molecule has 10 heteroatoms. The Morgan fingerprint density at radius 2 is 2.03 bits per heavy atom. The van der Waals surface area contributed by atoms with Crippen molar-refractivity contribution in [2.24, 2.45) is 5.92 Å². The first-order valence-corrected chi connectivity index (χ1v) is 11.9. The maximum atomic E-state index is 12.8. The van der Waals surface area contributed by atoms with Gasteiger partial charge in [-0.2, -0.15) is 13.8 Å². The molecule has 0 spiro atoms. The van der Waals surface area contributed by atoms with Crippen LogP contribution in [-0.4, -0.2) is 59.7 Å². The molecule has 0 saturated carbocycles. The van der Waals surface area contributed by atoms with Crippen molar-refractivity contribution in [1.29, 1.82) is 0 Å². The fourth-order valence-electron chi connectivity index (χ4n) is 5.06. The number of ether oxygens (including phenoxy) is 1. The van der Waals surface area contributed by atoms with Gasteiger partial charge in [0, 0.05) is 38.8 Å². The lowest BCUT2D eigenvalue weighted by Gasteiger charge is -2.23. The minimum Gasteiger partial charge on any atom is -0.381 e. The van der Waals surface area contributed by atoms with E-state index in [1.165, 1.54) is 17.3 Å². The maximum absolute atomic E-state index is 12.8. The summed E-state index contributed by atoms with van der Waals surface area (Å²) in [6.07, 6.45) is 3.44. The molecule has 1 aromatic carbocycles. The Kier molecular flexibility index (Phi) is 5.00. The van der Waals surface area contributed by atoms with Crippen LogP contribution in [0.5, 0.6) is 0 Å². The Bertz CT molecular complexity index is 1320. The average Bonchev–Trinajstić information content (AvgIpc) is 3.52. The van der Waals surface area contributed by atoms with E-state index in [1.54, 1.807) is 6.20 Å². The highest BCUT2D eigenvalue weighted by Crippen LogP contribution is 2.32. The molecule has 2 saturated heterocycles. The lowest BCUT2D eigenvalue weighted by molar-refractivity contribution is 0.0673. The van der Waals surface area contributed by atoms with Gasteiger partial charge in [-0.3, -0.25) is 9.69 Å². The predicted molar refractivity (Wildman–Crippen MR) is 122 cm³/mol. The first kappa shape index (κ1) is 20.0. The zero-order chi connectivity index (χ0) is 21.7. The molecular formula is C22H25N7O2S. The van der Waals surface area contributed by atoms with Crippen LogP contribution < -0.4 is 5.56 Å². The summed E-state index contributed by atoms with van der Waals surface area (Å²) in [4.78, 5) is 23.3. The minimum atomic E-state index is -0.101. The van der Waals surface area contributed by atoms with Crippen LogP contribution in [0.3, 0.4) is 0 Å². The van der Waals surface area contributed by atoms with Crippen molar-refractivity contribution in [1.82, 2.24) is 33.4 Å². The molecule has 0 aliphatic carbocycles. The van der Waals surface area contributed by atoms with Crippen LogP contribution in [0.1, 0.15) is 43.1 Å². The molecule has 9 nitrogen and oxygen atoms in total. The smallest absolute Gasteiger partial charge is 0.262 e. The molecule has 5 heterocycles. The largest absolute Gasteiger partial charge is 0.381 e. The van der Waals surface area contributed by atoms with Gasteiger partial charge in [0.1, 0.15) is 22.2 Å². The standard InChI is InChI=1S/C22H25N7O2S/c1-13-10-28(11-14-2-3-18-19(8-14)27-32-26-18)12-17(13)20-24-21-16(22(30)25-20)9-23-29(21)15-4-6-31-7-5-15/h2-3,8-9,13,15,17H,4-7,10-12H2,1H3,(H,24,25,30)/t13-,17-/m1/s1. The number of hydrogen-bond donors (Lipinski definition) is 1. The third-order valence-electron chi connectivity index (χ3n) is 6.78. The summed E-state index contributed by atoms with van der Waals surface area (Å²) in [5, 5.41) is 5.08. The summed E-state index contributed by atoms with van der Waals surface area (Å²) in [5.41, 5.74) is 3.72. The normalized spacial score (nSPS) is 22.9. The molecule has 0 amide bonds. The highest BCUT2D eigenvalue weighted by Gasteiger charge is 2.33. The third-order valence-corrected chi connectivity index (χ3v) is 7.34. The lowest BCUT2D eigenvalue weighted by Crippen LogP contribution is -2.23. The molecule has 0 radical (unpaired) electrons. The zero-order valence-corrected chi connectivity index (χ0v) is 18.7. The van der Waals surface area contributed by atoms with Crippen molar-refractivity contribution >= 4 is 33.8 Å². The summed E-state index contributed by atoms with van der Waals surface area (Å²) < 4.78 is 16.1. The van der Waals surface area contributed by atoms with E-state index in [0.29, 0.717) is 17.0 Å². The predicted octanol–water partition coefficient (Wildman–Crippen LogP) is 2.71. The van der Waals surface area contributed by atoms with Gasteiger partial charge >= 0.3 is 0 Å². The maximum Gasteiger partial charge on any atom is 0.262 e. The molecule has 4 aromatic rings. The number of benzene rings is 1. The second-order valence-corrected chi connectivity index (χ2v) is 9.51. The molecular weight excluding hydrogens is 426 g/mol. The van der Waals surface area contributed by atoms with Gasteiger partial charge in [0.2, 0.25) is 0 Å². The highest BCUT2D eigenvalue weighted by atomic mass is 32.1. The Morgan fingerprint density at radius 3 is 2.91 bits per heavy atom. The fourth-order valence-corrected chi connectivity index (χ4v) is 5.58. The summed E-state index contributed by atoms with van der Waals surface area (Å²) in [6, 6.07) is 6.52. The number of likely N-dealkylation sites (tertiary alicyclic amines) is 1. The van der Waals surface area contributed by atoms with Crippen LogP contribution in [-0.2, 0) is 11.3 Å². The van der Waals surface area contributed by atoms with Gasteiger partial charge in [-0.1, -0.05) is 13.0 Å². The topological polar surface area (TPSA) is 102 Å². The van der Waals surface area contributed by atoms with Crippen molar-refractivity contribution in [2.75, 3.05) is 26.3 Å². The van der Waals surface area contributed by atoms with E-state index in [4.69, 9.17) is 9.72 Å². The van der Waals surface area contributed by atoms with Crippen molar-refractivity contribution in [3.8, 4) is 0 Å². The Hall–Kier alpha value is -2.69. The van der Waals surface area contributed by atoms with Gasteiger partial charge in [0.05, 0.1) is 24.0 Å². The van der Waals surface area contributed by atoms with Crippen molar-refractivity contribution < 1.29 is 4.74 Å². The molecule has 166 valence electrons. The van der Waals surface area contributed by atoms with Crippen LogP contribution in [0.15, 0.2) is 29.2 Å². The number of aromatic amines is 1. The Balaban J connectivity index is 1.26. The second-order valence-electron chi connectivity index (χ2n) is 8.99. The Labute approximate surface area is 188 Å². The van der Waals surface area contributed by atoms with Gasteiger partial charge in [0.15, 0.2) is 5.65 Å². The number of rotatable bonds is 4. The first-order valence-electron chi connectivity index (χ1n) is 11.1. The van der Waals surface area contributed by atoms with E-state index in [9.17, 15) is 4.79 Å². The summed E-state index contributed by atoms with van der Waals surface area (Å²) in [7, 11) is 0. The highest BCUT2D eigenvalue weighted by molar-refractivity contribution is 7.00. The molecule has 6 rings (SSSR count). The van der Waals surface area contributed by atoms with E-state index < -0.39 is 0 Å². The van der Waals surface area contributed by atoms with Gasteiger partial charge < -0.3 is 9.72 Å². The number of H-pyrrole nitrogens is 1. The molecule has 2 fully saturated rings. The van der Waals surface area contributed by atoms with E-state index in [2.05, 4.69) is 42.8 Å². The number of nitrogens with zero attached hydrogens (tertiary/aromatic N) is 6. The van der Waals surface area contributed by atoms with E-state index in [-0.39, 0.29) is 17.5 Å².